The van der Waals surface area contributed by atoms with Gasteiger partial charge in [0.2, 0.25) is 13.6 Å². The molecule has 18 heavy (non-hydrogen) atoms. The Morgan fingerprint density at radius 3 is 1.72 bits per heavy atom. The lowest BCUT2D eigenvalue weighted by atomic mass is 10.0. The van der Waals surface area contributed by atoms with Crippen molar-refractivity contribution in [2.75, 3.05) is 13.6 Å². The molecule has 2 aliphatic heterocycles. The maximum absolute atomic E-state index is 5.47. The molecule has 4 heteroatoms. The van der Waals surface area contributed by atoms with Gasteiger partial charge in [0.05, 0.1) is 0 Å². The molecule has 0 saturated carbocycles. The Hall–Kier alpha value is -2.36. The van der Waals surface area contributed by atoms with Gasteiger partial charge in [0.25, 0.3) is 0 Å². The molecule has 2 radical (unpaired) electrons. The molecule has 0 saturated heterocycles. The van der Waals surface area contributed by atoms with E-state index in [0.717, 1.165) is 11.1 Å². The standard InChI is InChI=1S/C14H8O4/c1-3-9(13-11(5-1)15-7-17-13)10-4-2-6-12-14(10)18-8-16-12/h1-2,5-6H,7-8H2. The van der Waals surface area contributed by atoms with Gasteiger partial charge in [0.15, 0.2) is 23.0 Å². The Bertz CT molecular complexity index is 566. The van der Waals surface area contributed by atoms with E-state index in [1.165, 1.54) is 0 Å². The molecule has 2 aliphatic rings. The van der Waals surface area contributed by atoms with E-state index < -0.39 is 0 Å². The van der Waals surface area contributed by atoms with Crippen LogP contribution < -0.4 is 18.9 Å². The van der Waals surface area contributed by atoms with Crippen LogP contribution in [-0.4, -0.2) is 13.6 Å². The number of hydrogen-bond donors (Lipinski definition) is 0. The molecule has 0 bridgehead atoms. The average molecular weight is 240 g/mol. The van der Waals surface area contributed by atoms with Crippen molar-refractivity contribution < 1.29 is 18.9 Å². The summed E-state index contributed by atoms with van der Waals surface area (Å²) in [4.78, 5) is 0. The summed E-state index contributed by atoms with van der Waals surface area (Å²) in [7, 11) is 0. The van der Waals surface area contributed by atoms with Crippen molar-refractivity contribution in [2.45, 2.75) is 0 Å². The molecular weight excluding hydrogens is 232 g/mol. The van der Waals surface area contributed by atoms with Crippen LogP contribution >= 0.6 is 0 Å². The molecule has 88 valence electrons. The lowest BCUT2D eigenvalue weighted by molar-refractivity contribution is 0.173. The Morgan fingerprint density at radius 1 is 0.722 bits per heavy atom. The van der Waals surface area contributed by atoms with Crippen LogP contribution in [0.4, 0.5) is 0 Å². The first-order valence-corrected chi connectivity index (χ1v) is 5.54. The van der Waals surface area contributed by atoms with Crippen LogP contribution in [0.25, 0.3) is 11.1 Å². The van der Waals surface area contributed by atoms with E-state index in [1.807, 2.05) is 12.1 Å². The van der Waals surface area contributed by atoms with Gasteiger partial charge in [-0.3, -0.25) is 0 Å². The van der Waals surface area contributed by atoms with Crippen LogP contribution in [0, 0.1) is 12.1 Å². The fourth-order valence-corrected chi connectivity index (χ4v) is 2.12. The quantitative estimate of drug-likeness (QED) is 0.767. The van der Waals surface area contributed by atoms with Crippen LogP contribution in [0.5, 0.6) is 23.0 Å². The van der Waals surface area contributed by atoms with Crippen molar-refractivity contribution in [3.63, 3.8) is 0 Å². The second-order valence-corrected chi connectivity index (χ2v) is 3.91. The van der Waals surface area contributed by atoms with Gasteiger partial charge in [0.1, 0.15) is 0 Å². The molecule has 0 N–H and O–H groups in total. The van der Waals surface area contributed by atoms with Crippen molar-refractivity contribution >= 4 is 0 Å². The van der Waals surface area contributed by atoms with E-state index in [-0.39, 0.29) is 13.6 Å². The van der Waals surface area contributed by atoms with E-state index in [9.17, 15) is 0 Å². The monoisotopic (exact) mass is 240 g/mol. The van der Waals surface area contributed by atoms with Crippen molar-refractivity contribution in [1.29, 1.82) is 0 Å². The largest absolute Gasteiger partial charge is 0.454 e. The average Bonchev–Trinajstić information content (AvgIpc) is 3.06. The molecule has 2 aromatic rings. The molecule has 2 aromatic carbocycles. The van der Waals surface area contributed by atoms with Gasteiger partial charge in [-0.05, 0) is 36.4 Å². The van der Waals surface area contributed by atoms with Crippen molar-refractivity contribution in [3.8, 4) is 34.1 Å². The zero-order valence-corrected chi connectivity index (χ0v) is 9.36. The SMILES string of the molecule is [c]1ccc2c(c1-c1[c]ccc3c1OCO3)OCO2. The minimum absolute atomic E-state index is 0.229. The third kappa shape index (κ3) is 1.26. The van der Waals surface area contributed by atoms with Gasteiger partial charge >= 0.3 is 0 Å². The van der Waals surface area contributed by atoms with E-state index in [0.29, 0.717) is 23.0 Å². The molecule has 0 fully saturated rings. The molecule has 2 heterocycles. The molecule has 4 nitrogen and oxygen atoms in total. The summed E-state index contributed by atoms with van der Waals surface area (Å²) < 4.78 is 21.7. The number of rotatable bonds is 1. The molecule has 4 rings (SSSR count). The number of benzene rings is 2. The van der Waals surface area contributed by atoms with Gasteiger partial charge in [0, 0.05) is 11.1 Å². The fourth-order valence-electron chi connectivity index (χ4n) is 2.12. The highest BCUT2D eigenvalue weighted by Gasteiger charge is 2.24. The van der Waals surface area contributed by atoms with Crippen LogP contribution in [-0.2, 0) is 0 Å². The maximum atomic E-state index is 5.47. The van der Waals surface area contributed by atoms with Gasteiger partial charge in [-0.25, -0.2) is 0 Å². The Kier molecular flexibility index (Phi) is 1.91. The molecule has 0 atom stereocenters. The summed E-state index contributed by atoms with van der Waals surface area (Å²) in [5.41, 5.74) is 1.57. The van der Waals surface area contributed by atoms with Gasteiger partial charge in [-0.15, -0.1) is 0 Å². The Balaban J connectivity index is 1.95. The highest BCUT2D eigenvalue weighted by atomic mass is 16.7. The third-order valence-corrected chi connectivity index (χ3v) is 2.91. The van der Waals surface area contributed by atoms with Gasteiger partial charge < -0.3 is 18.9 Å². The molecule has 0 aromatic heterocycles. The summed E-state index contributed by atoms with van der Waals surface area (Å²) in [6.07, 6.45) is 0. The first-order chi connectivity index (χ1) is 8.93. The summed E-state index contributed by atoms with van der Waals surface area (Å²) >= 11 is 0. The summed E-state index contributed by atoms with van der Waals surface area (Å²) in [5.74, 6) is 2.79. The highest BCUT2D eigenvalue weighted by Crippen LogP contribution is 2.47. The smallest absolute Gasteiger partial charge is 0.231 e. The zero-order valence-electron chi connectivity index (χ0n) is 9.36. The maximum Gasteiger partial charge on any atom is 0.231 e. The second kappa shape index (κ2) is 3.57. The van der Waals surface area contributed by atoms with Crippen LogP contribution in [0.15, 0.2) is 24.3 Å². The summed E-state index contributed by atoms with van der Waals surface area (Å²) in [6, 6.07) is 13.5. The predicted molar refractivity (Wildman–Crippen MR) is 61.8 cm³/mol. The fraction of sp³-hybridized carbons (Fsp3) is 0.143. The molecular formula is C14H8O4. The predicted octanol–water partition coefficient (Wildman–Crippen LogP) is 2.41. The number of hydrogen-bond acceptors (Lipinski definition) is 4. The lowest BCUT2D eigenvalue weighted by Crippen LogP contribution is -1.95. The minimum Gasteiger partial charge on any atom is -0.454 e. The number of ether oxygens (including phenoxy) is 4. The van der Waals surface area contributed by atoms with Crippen LogP contribution in [0.1, 0.15) is 0 Å². The zero-order chi connectivity index (χ0) is 11.9. The second-order valence-electron chi connectivity index (χ2n) is 3.91. The summed E-state index contributed by atoms with van der Waals surface area (Å²) in [6.45, 7) is 0.457. The minimum atomic E-state index is 0.229. The summed E-state index contributed by atoms with van der Waals surface area (Å²) in [5, 5.41) is 0. The lowest BCUT2D eigenvalue weighted by Gasteiger charge is -2.07. The third-order valence-electron chi connectivity index (χ3n) is 2.91. The first-order valence-electron chi connectivity index (χ1n) is 5.54. The molecule has 0 unspecified atom stereocenters. The van der Waals surface area contributed by atoms with Crippen molar-refractivity contribution in [2.24, 2.45) is 0 Å². The van der Waals surface area contributed by atoms with E-state index in [4.69, 9.17) is 18.9 Å². The Morgan fingerprint density at radius 2 is 1.22 bits per heavy atom. The van der Waals surface area contributed by atoms with E-state index in [1.54, 1.807) is 12.1 Å². The molecule has 0 amide bonds. The van der Waals surface area contributed by atoms with Crippen LogP contribution in [0.2, 0.25) is 0 Å². The van der Waals surface area contributed by atoms with Crippen LogP contribution in [0.3, 0.4) is 0 Å². The Labute approximate surface area is 104 Å². The van der Waals surface area contributed by atoms with E-state index >= 15 is 0 Å². The first kappa shape index (κ1) is 9.65. The topological polar surface area (TPSA) is 36.9 Å². The van der Waals surface area contributed by atoms with E-state index in [2.05, 4.69) is 12.1 Å². The normalized spacial score (nSPS) is 14.9. The van der Waals surface area contributed by atoms with Gasteiger partial charge in [-0.1, -0.05) is 0 Å². The number of fused-ring (bicyclic) bond motifs is 2. The van der Waals surface area contributed by atoms with Crippen molar-refractivity contribution in [3.05, 3.63) is 36.4 Å². The molecule has 0 aliphatic carbocycles. The van der Waals surface area contributed by atoms with Gasteiger partial charge in [-0.2, -0.15) is 0 Å². The van der Waals surface area contributed by atoms with Crippen molar-refractivity contribution in [1.82, 2.24) is 0 Å². The molecule has 0 spiro atoms. The highest BCUT2D eigenvalue weighted by molar-refractivity contribution is 5.80.